The van der Waals surface area contributed by atoms with Crippen LogP contribution in [0.2, 0.25) is 0 Å². The molecule has 0 amide bonds. The number of aryl methyl sites for hydroxylation is 1. The van der Waals surface area contributed by atoms with Crippen molar-refractivity contribution < 1.29 is 0 Å². The first-order valence-electron chi connectivity index (χ1n) is 8.44. The number of rotatable bonds is 1. The third-order valence-electron chi connectivity index (χ3n) is 5.02. The fourth-order valence-electron chi connectivity index (χ4n) is 3.82. The predicted molar refractivity (Wildman–Crippen MR) is 108 cm³/mol. The summed E-state index contributed by atoms with van der Waals surface area (Å²) in [5.74, 6) is 0. The zero-order chi connectivity index (χ0) is 17.0. The van der Waals surface area contributed by atoms with Crippen molar-refractivity contribution in [2.45, 2.75) is 13.0 Å². The summed E-state index contributed by atoms with van der Waals surface area (Å²) in [6, 6.07) is 21.9. The van der Waals surface area contributed by atoms with Crippen LogP contribution in [0.4, 0.5) is 5.69 Å². The summed E-state index contributed by atoms with van der Waals surface area (Å²) in [6.45, 7) is 2.15. The van der Waals surface area contributed by atoms with Gasteiger partial charge in [0.2, 0.25) is 0 Å². The van der Waals surface area contributed by atoms with Gasteiger partial charge in [-0.2, -0.15) is 0 Å². The molecular formula is C22H17BrN2. The van der Waals surface area contributed by atoms with E-state index in [2.05, 4.69) is 100 Å². The van der Waals surface area contributed by atoms with Gasteiger partial charge in [0, 0.05) is 38.4 Å². The summed E-state index contributed by atoms with van der Waals surface area (Å²) in [5.41, 5.74) is 8.75. The molecule has 0 radical (unpaired) electrons. The highest BCUT2D eigenvalue weighted by Crippen LogP contribution is 2.44. The van der Waals surface area contributed by atoms with Gasteiger partial charge in [-0.15, -0.1) is 0 Å². The van der Waals surface area contributed by atoms with Gasteiger partial charge in [-0.3, -0.25) is 0 Å². The van der Waals surface area contributed by atoms with E-state index in [1.165, 1.54) is 44.4 Å². The lowest BCUT2D eigenvalue weighted by molar-refractivity contribution is 0.952. The van der Waals surface area contributed by atoms with Gasteiger partial charge >= 0.3 is 0 Å². The summed E-state index contributed by atoms with van der Waals surface area (Å²) in [4.78, 5) is 3.45. The largest absolute Gasteiger partial charge is 0.374 e. The first kappa shape index (κ1) is 14.8. The van der Waals surface area contributed by atoms with Gasteiger partial charge in [-0.05, 0) is 48.4 Å². The lowest BCUT2D eigenvalue weighted by atomic mass is 9.95. The summed E-state index contributed by atoms with van der Waals surface area (Å²) in [6.07, 6.45) is 2.15. The van der Waals surface area contributed by atoms with Gasteiger partial charge < -0.3 is 10.3 Å². The van der Waals surface area contributed by atoms with Gasteiger partial charge in [-0.1, -0.05) is 51.8 Å². The number of halogens is 1. The minimum atomic E-state index is 0.118. The molecule has 0 fully saturated rings. The average molecular weight is 389 g/mol. The molecule has 4 aromatic rings. The first-order chi connectivity index (χ1) is 12.2. The van der Waals surface area contributed by atoms with Crippen LogP contribution in [0.1, 0.15) is 22.7 Å². The third-order valence-corrected chi connectivity index (χ3v) is 5.54. The molecule has 0 saturated heterocycles. The van der Waals surface area contributed by atoms with Crippen LogP contribution in [-0.2, 0) is 0 Å². The second-order valence-electron chi connectivity index (χ2n) is 6.65. The standard InChI is InChI=1S/C22H17BrN2/c1-13-5-10-19-17(11-13)16-3-2-4-20-21(16)18(12-24-20)22(25-19)14-6-8-15(23)9-7-14/h2-12,22,24-25H,1H3/t22-/m1/s1. The maximum Gasteiger partial charge on any atom is 0.0788 e. The molecule has 2 nitrogen and oxygen atoms in total. The third kappa shape index (κ3) is 2.30. The van der Waals surface area contributed by atoms with Crippen LogP contribution in [0.3, 0.4) is 0 Å². The number of hydrogen-bond donors (Lipinski definition) is 2. The van der Waals surface area contributed by atoms with Crippen LogP contribution in [0.5, 0.6) is 0 Å². The molecule has 0 saturated carbocycles. The Morgan fingerprint density at radius 3 is 2.60 bits per heavy atom. The van der Waals surface area contributed by atoms with Crippen LogP contribution in [-0.4, -0.2) is 4.98 Å². The second-order valence-corrected chi connectivity index (χ2v) is 7.57. The number of anilines is 1. The minimum absolute atomic E-state index is 0.118. The molecule has 1 aliphatic heterocycles. The Balaban J connectivity index is 1.83. The maximum absolute atomic E-state index is 3.78. The van der Waals surface area contributed by atoms with Crippen molar-refractivity contribution in [1.29, 1.82) is 0 Å². The zero-order valence-corrected chi connectivity index (χ0v) is 15.4. The fourth-order valence-corrected chi connectivity index (χ4v) is 4.09. The molecule has 3 aromatic carbocycles. The monoisotopic (exact) mass is 388 g/mol. The maximum atomic E-state index is 3.78. The minimum Gasteiger partial charge on any atom is -0.374 e. The number of hydrogen-bond acceptors (Lipinski definition) is 1. The van der Waals surface area contributed by atoms with E-state index in [1.54, 1.807) is 0 Å². The van der Waals surface area contributed by atoms with Crippen molar-refractivity contribution >= 4 is 32.5 Å². The Morgan fingerprint density at radius 2 is 1.76 bits per heavy atom. The number of benzene rings is 3. The molecule has 1 aromatic heterocycles. The van der Waals surface area contributed by atoms with Crippen LogP contribution < -0.4 is 5.32 Å². The summed E-state index contributed by atoms with van der Waals surface area (Å²) in [5, 5.41) is 5.09. The number of H-pyrrole nitrogens is 1. The number of aromatic amines is 1. The van der Waals surface area contributed by atoms with E-state index in [0.29, 0.717) is 0 Å². The van der Waals surface area contributed by atoms with Crippen LogP contribution in [0, 0.1) is 6.92 Å². The Kier molecular flexibility index (Phi) is 3.25. The van der Waals surface area contributed by atoms with Crippen molar-refractivity contribution in [3.8, 4) is 11.1 Å². The highest BCUT2D eigenvalue weighted by molar-refractivity contribution is 9.10. The van der Waals surface area contributed by atoms with Crippen molar-refractivity contribution in [3.63, 3.8) is 0 Å². The molecule has 5 rings (SSSR count). The van der Waals surface area contributed by atoms with Gasteiger partial charge in [0.1, 0.15) is 0 Å². The van der Waals surface area contributed by atoms with Crippen molar-refractivity contribution in [2.75, 3.05) is 5.32 Å². The quantitative estimate of drug-likeness (QED) is 0.386. The number of fused-ring (bicyclic) bond motifs is 2. The summed E-state index contributed by atoms with van der Waals surface area (Å²) < 4.78 is 1.10. The molecular weight excluding hydrogens is 372 g/mol. The van der Waals surface area contributed by atoms with Crippen LogP contribution in [0.25, 0.3) is 22.0 Å². The highest BCUT2D eigenvalue weighted by atomic mass is 79.9. The van der Waals surface area contributed by atoms with E-state index in [9.17, 15) is 0 Å². The van der Waals surface area contributed by atoms with E-state index >= 15 is 0 Å². The molecule has 0 unspecified atom stereocenters. The van der Waals surface area contributed by atoms with E-state index < -0.39 is 0 Å². The Hall–Kier alpha value is -2.52. The lowest BCUT2D eigenvalue weighted by Gasteiger charge is -2.20. The zero-order valence-electron chi connectivity index (χ0n) is 13.8. The van der Waals surface area contributed by atoms with Gasteiger partial charge in [-0.25, -0.2) is 0 Å². The Morgan fingerprint density at radius 1 is 0.920 bits per heavy atom. The second kappa shape index (κ2) is 5.50. The van der Waals surface area contributed by atoms with E-state index in [4.69, 9.17) is 0 Å². The average Bonchev–Trinajstić information content (AvgIpc) is 2.99. The smallest absolute Gasteiger partial charge is 0.0788 e. The molecule has 0 aliphatic carbocycles. The Labute approximate surface area is 155 Å². The molecule has 122 valence electrons. The van der Waals surface area contributed by atoms with E-state index in [0.717, 1.165) is 4.47 Å². The Bertz CT molecular complexity index is 1090. The van der Waals surface area contributed by atoms with Gasteiger partial charge in [0.15, 0.2) is 0 Å². The molecule has 0 bridgehead atoms. The molecule has 2 heterocycles. The van der Waals surface area contributed by atoms with Crippen LogP contribution in [0.15, 0.2) is 71.3 Å². The van der Waals surface area contributed by atoms with Gasteiger partial charge in [0.25, 0.3) is 0 Å². The first-order valence-corrected chi connectivity index (χ1v) is 9.23. The van der Waals surface area contributed by atoms with Crippen LogP contribution >= 0.6 is 15.9 Å². The number of nitrogens with one attached hydrogen (secondary N) is 2. The normalized spacial score (nSPS) is 15.5. The van der Waals surface area contributed by atoms with Crippen molar-refractivity contribution in [3.05, 3.63) is 88.0 Å². The summed E-state index contributed by atoms with van der Waals surface area (Å²) in [7, 11) is 0. The summed E-state index contributed by atoms with van der Waals surface area (Å²) >= 11 is 3.54. The SMILES string of the molecule is Cc1ccc2c(c1)-c1cccc3[nH]cc(c13)[C@@H](c1ccc(Br)cc1)N2. The molecule has 3 heteroatoms. The van der Waals surface area contributed by atoms with Crippen molar-refractivity contribution in [1.82, 2.24) is 4.98 Å². The molecule has 0 spiro atoms. The molecule has 2 N–H and O–H groups in total. The molecule has 25 heavy (non-hydrogen) atoms. The fraction of sp³-hybridized carbons (Fsp3) is 0.0909. The highest BCUT2D eigenvalue weighted by Gasteiger charge is 2.25. The van der Waals surface area contributed by atoms with Crippen molar-refractivity contribution in [2.24, 2.45) is 0 Å². The number of aromatic nitrogens is 1. The van der Waals surface area contributed by atoms with E-state index in [-0.39, 0.29) is 6.04 Å². The van der Waals surface area contributed by atoms with Gasteiger partial charge in [0.05, 0.1) is 6.04 Å². The molecule has 1 aliphatic rings. The van der Waals surface area contributed by atoms with E-state index in [1.807, 2.05) is 0 Å². The topological polar surface area (TPSA) is 27.8 Å². The molecule has 1 atom stereocenters. The predicted octanol–water partition coefficient (Wildman–Crippen LogP) is 6.42. The lowest BCUT2D eigenvalue weighted by Crippen LogP contribution is -2.11.